The molecule has 2 bridgehead atoms. The molecular formula is C14H16O9S. The third-order valence-electron chi connectivity index (χ3n) is 4.89. The predicted octanol–water partition coefficient (Wildman–Crippen LogP) is -0.692. The van der Waals surface area contributed by atoms with Gasteiger partial charge in [-0.1, -0.05) is 6.58 Å². The number of ether oxygens (including phenoxy) is 3. The molecule has 5 atom stereocenters. The van der Waals surface area contributed by atoms with Crippen molar-refractivity contribution in [3.8, 4) is 0 Å². The number of fused-ring (bicyclic) bond motifs is 1. The number of carbonyl (C=O) groups is 3. The summed E-state index contributed by atoms with van der Waals surface area (Å²) in [4.78, 5) is 34.8. The molecule has 0 N–H and O–H groups in total. The van der Waals surface area contributed by atoms with E-state index in [0.29, 0.717) is 6.42 Å². The maximum Gasteiger partial charge on any atom is 0.344 e. The van der Waals surface area contributed by atoms with Crippen molar-refractivity contribution < 1.29 is 41.2 Å². The number of methoxy groups -OCH3 is 1. The minimum absolute atomic E-state index is 0.0203. The fraction of sp³-hybridized carbons (Fsp3) is 0.643. The molecule has 0 amide bonds. The number of hydrogen-bond donors (Lipinski definition) is 0. The van der Waals surface area contributed by atoms with E-state index in [-0.39, 0.29) is 12.3 Å². The SMILES string of the molecule is C=CC(=O)OCC(=O)OC1C2CC3C1OS(=O)(=O)C3(C(=O)OC)C2. The lowest BCUT2D eigenvalue weighted by Gasteiger charge is -2.30. The van der Waals surface area contributed by atoms with Crippen molar-refractivity contribution in [3.63, 3.8) is 0 Å². The zero-order valence-corrected chi connectivity index (χ0v) is 13.6. The first-order chi connectivity index (χ1) is 11.3. The Balaban J connectivity index is 1.74. The highest BCUT2D eigenvalue weighted by Gasteiger charge is 2.77. The molecule has 2 saturated carbocycles. The highest BCUT2D eigenvalue weighted by molar-refractivity contribution is 7.89. The normalized spacial score (nSPS) is 37.7. The Morgan fingerprint density at radius 2 is 2.08 bits per heavy atom. The minimum Gasteiger partial charge on any atom is -0.468 e. The first-order valence-corrected chi connectivity index (χ1v) is 8.67. The minimum atomic E-state index is -4.17. The summed E-state index contributed by atoms with van der Waals surface area (Å²) < 4.78 is 42.5. The maximum absolute atomic E-state index is 12.3. The van der Waals surface area contributed by atoms with Crippen LogP contribution in [-0.2, 0) is 42.9 Å². The van der Waals surface area contributed by atoms with Gasteiger partial charge in [-0.25, -0.2) is 9.59 Å². The van der Waals surface area contributed by atoms with Gasteiger partial charge in [0, 0.05) is 17.9 Å². The summed E-state index contributed by atoms with van der Waals surface area (Å²) in [5.74, 6) is -3.39. The van der Waals surface area contributed by atoms with Gasteiger partial charge in [0.2, 0.25) is 0 Å². The van der Waals surface area contributed by atoms with E-state index < -0.39 is 57.5 Å². The van der Waals surface area contributed by atoms with E-state index in [1.54, 1.807) is 0 Å². The van der Waals surface area contributed by atoms with Crippen molar-refractivity contribution in [2.75, 3.05) is 13.7 Å². The summed E-state index contributed by atoms with van der Waals surface area (Å²) in [6, 6.07) is 0. The van der Waals surface area contributed by atoms with Crippen LogP contribution in [0.5, 0.6) is 0 Å². The molecule has 2 aliphatic carbocycles. The summed E-state index contributed by atoms with van der Waals surface area (Å²) in [7, 11) is -3.04. The monoisotopic (exact) mass is 360 g/mol. The highest BCUT2D eigenvalue weighted by Crippen LogP contribution is 2.62. The average molecular weight is 360 g/mol. The topological polar surface area (TPSA) is 122 Å². The fourth-order valence-corrected chi connectivity index (χ4v) is 5.99. The van der Waals surface area contributed by atoms with Crippen LogP contribution in [-0.4, -0.2) is 57.0 Å². The molecule has 0 radical (unpaired) electrons. The average Bonchev–Trinajstić information content (AvgIpc) is 3.13. The quantitative estimate of drug-likeness (QED) is 0.271. The van der Waals surface area contributed by atoms with Gasteiger partial charge < -0.3 is 14.2 Å². The Hall–Kier alpha value is -1.94. The number of esters is 3. The lowest BCUT2D eigenvalue weighted by atomic mass is 9.84. The zero-order valence-electron chi connectivity index (χ0n) is 12.8. The van der Waals surface area contributed by atoms with Gasteiger partial charge in [-0.3, -0.25) is 8.98 Å². The first kappa shape index (κ1) is 16.9. The molecule has 1 saturated heterocycles. The van der Waals surface area contributed by atoms with Crippen LogP contribution < -0.4 is 0 Å². The van der Waals surface area contributed by atoms with Gasteiger partial charge in [0.05, 0.1) is 7.11 Å². The van der Waals surface area contributed by atoms with Crippen LogP contribution in [0.2, 0.25) is 0 Å². The van der Waals surface area contributed by atoms with Crippen LogP contribution >= 0.6 is 0 Å². The van der Waals surface area contributed by atoms with Crippen molar-refractivity contribution in [3.05, 3.63) is 12.7 Å². The van der Waals surface area contributed by atoms with Crippen LogP contribution in [0.25, 0.3) is 0 Å². The maximum atomic E-state index is 12.3. The van der Waals surface area contributed by atoms with Crippen molar-refractivity contribution in [2.45, 2.75) is 29.8 Å². The Bertz CT molecular complexity index is 712. The summed E-state index contributed by atoms with van der Waals surface area (Å²) in [5, 5.41) is 0. The second kappa shape index (κ2) is 5.55. The van der Waals surface area contributed by atoms with E-state index in [4.69, 9.17) is 8.92 Å². The molecule has 9 nitrogen and oxygen atoms in total. The molecule has 0 aromatic rings. The van der Waals surface area contributed by atoms with Crippen molar-refractivity contribution in [2.24, 2.45) is 11.8 Å². The first-order valence-electron chi connectivity index (χ1n) is 7.26. The second-order valence-corrected chi connectivity index (χ2v) is 7.80. The Morgan fingerprint density at radius 3 is 2.71 bits per heavy atom. The Labute approximate surface area is 138 Å². The highest BCUT2D eigenvalue weighted by atomic mass is 32.2. The third kappa shape index (κ3) is 2.16. The number of hydrogen-bond acceptors (Lipinski definition) is 9. The molecule has 1 aliphatic heterocycles. The van der Waals surface area contributed by atoms with Gasteiger partial charge >= 0.3 is 17.9 Å². The van der Waals surface area contributed by atoms with E-state index in [1.807, 2.05) is 0 Å². The van der Waals surface area contributed by atoms with E-state index in [0.717, 1.165) is 13.2 Å². The van der Waals surface area contributed by atoms with Gasteiger partial charge in [-0.15, -0.1) is 0 Å². The molecule has 5 unspecified atom stereocenters. The van der Waals surface area contributed by atoms with E-state index in [9.17, 15) is 22.8 Å². The van der Waals surface area contributed by atoms with E-state index in [2.05, 4.69) is 16.1 Å². The molecule has 3 rings (SSSR count). The van der Waals surface area contributed by atoms with Crippen LogP contribution in [0.4, 0.5) is 0 Å². The van der Waals surface area contributed by atoms with Gasteiger partial charge in [-0.05, 0) is 12.8 Å². The summed E-state index contributed by atoms with van der Waals surface area (Å²) in [6.07, 6.45) is -0.467. The summed E-state index contributed by atoms with van der Waals surface area (Å²) >= 11 is 0. The summed E-state index contributed by atoms with van der Waals surface area (Å²) in [6.45, 7) is 2.58. The van der Waals surface area contributed by atoms with Gasteiger partial charge in [0.15, 0.2) is 11.4 Å². The van der Waals surface area contributed by atoms with Crippen molar-refractivity contribution >= 4 is 28.0 Å². The molecule has 0 spiro atoms. The molecular weight excluding hydrogens is 344 g/mol. The largest absolute Gasteiger partial charge is 0.468 e. The lowest BCUT2D eigenvalue weighted by molar-refractivity contribution is -0.166. The van der Waals surface area contributed by atoms with Crippen LogP contribution in [0.1, 0.15) is 12.8 Å². The molecule has 0 aromatic carbocycles. The number of carbonyl (C=O) groups excluding carboxylic acids is 3. The van der Waals surface area contributed by atoms with Crippen LogP contribution in [0.15, 0.2) is 12.7 Å². The molecule has 3 aliphatic rings. The fourth-order valence-electron chi connectivity index (χ4n) is 3.98. The Morgan fingerprint density at radius 1 is 1.38 bits per heavy atom. The second-order valence-electron chi connectivity index (χ2n) is 5.97. The smallest absolute Gasteiger partial charge is 0.344 e. The lowest BCUT2D eigenvalue weighted by Crippen LogP contribution is -2.50. The van der Waals surface area contributed by atoms with Gasteiger partial charge in [0.1, 0.15) is 12.2 Å². The zero-order chi connectivity index (χ0) is 17.7. The van der Waals surface area contributed by atoms with Gasteiger partial charge in [0.25, 0.3) is 10.1 Å². The van der Waals surface area contributed by atoms with Crippen molar-refractivity contribution in [1.82, 2.24) is 0 Å². The molecule has 0 aromatic heterocycles. The third-order valence-corrected chi connectivity index (χ3v) is 6.89. The number of rotatable bonds is 5. The molecule has 132 valence electrons. The van der Waals surface area contributed by atoms with Crippen molar-refractivity contribution in [1.29, 1.82) is 0 Å². The van der Waals surface area contributed by atoms with Crippen LogP contribution in [0.3, 0.4) is 0 Å². The Kier molecular flexibility index (Phi) is 3.91. The summed E-state index contributed by atoms with van der Waals surface area (Å²) in [5.41, 5.74) is 0. The van der Waals surface area contributed by atoms with Crippen LogP contribution in [0, 0.1) is 11.8 Å². The van der Waals surface area contributed by atoms with Gasteiger partial charge in [-0.2, -0.15) is 8.42 Å². The predicted molar refractivity (Wildman–Crippen MR) is 75.8 cm³/mol. The molecule has 24 heavy (non-hydrogen) atoms. The van der Waals surface area contributed by atoms with E-state index in [1.165, 1.54) is 0 Å². The molecule has 10 heteroatoms. The standard InChI is InChI=1S/C14H16O9S/c1-3-9(15)21-6-10(16)22-11-7-4-8-12(11)23-24(18,19)14(8,5-7)13(17)20-2/h3,7-8,11-12H,1,4-6H2,2H3. The molecule has 1 heterocycles. The van der Waals surface area contributed by atoms with E-state index >= 15 is 0 Å². The molecule has 3 fully saturated rings.